The summed E-state index contributed by atoms with van der Waals surface area (Å²) >= 11 is 1.43. The highest BCUT2D eigenvalue weighted by atomic mass is 32.1. The Morgan fingerprint density at radius 3 is 2.62 bits per heavy atom. The number of hydrogen-bond donors (Lipinski definition) is 0. The van der Waals surface area contributed by atoms with Crippen molar-refractivity contribution in [2.75, 3.05) is 0 Å². The average Bonchev–Trinajstić information content (AvgIpc) is 3.11. The quantitative estimate of drug-likeness (QED) is 0.736. The number of rotatable bonds is 4. The van der Waals surface area contributed by atoms with Crippen molar-refractivity contribution in [1.82, 2.24) is 25.2 Å². The minimum Gasteiger partial charge on any atom is -0.191 e. The van der Waals surface area contributed by atoms with Gasteiger partial charge in [-0.3, -0.25) is 0 Å². The Morgan fingerprint density at radius 1 is 1.14 bits per heavy atom. The van der Waals surface area contributed by atoms with Gasteiger partial charge in [0.25, 0.3) is 0 Å². The second-order valence-electron chi connectivity index (χ2n) is 4.50. The number of nitriles is 1. The molecule has 0 fully saturated rings. The van der Waals surface area contributed by atoms with Crippen LogP contribution in [0.1, 0.15) is 22.0 Å². The lowest BCUT2D eigenvalue weighted by Gasteiger charge is -2.03. The van der Waals surface area contributed by atoms with Crippen molar-refractivity contribution in [3.63, 3.8) is 0 Å². The molecule has 0 aliphatic heterocycles. The van der Waals surface area contributed by atoms with Crippen LogP contribution in [0.25, 0.3) is 5.13 Å². The first kappa shape index (κ1) is 13.4. The zero-order valence-corrected chi connectivity index (χ0v) is 12.2. The van der Waals surface area contributed by atoms with Gasteiger partial charge in [0.2, 0.25) is 5.13 Å². The Balaban J connectivity index is 1.90. The van der Waals surface area contributed by atoms with Gasteiger partial charge in [-0.25, -0.2) is 0 Å². The van der Waals surface area contributed by atoms with Crippen molar-refractivity contribution in [1.29, 1.82) is 5.26 Å². The van der Waals surface area contributed by atoms with Crippen LogP contribution >= 0.6 is 11.3 Å². The van der Waals surface area contributed by atoms with E-state index in [4.69, 9.17) is 0 Å². The molecule has 3 rings (SSSR count). The lowest BCUT2D eigenvalue weighted by molar-refractivity contribution is 0.737. The fourth-order valence-corrected chi connectivity index (χ4v) is 2.71. The van der Waals surface area contributed by atoms with E-state index in [9.17, 15) is 5.26 Å². The van der Waals surface area contributed by atoms with Gasteiger partial charge in [-0.1, -0.05) is 46.9 Å². The van der Waals surface area contributed by atoms with E-state index in [1.165, 1.54) is 16.9 Å². The maximum Gasteiger partial charge on any atom is 0.234 e. The fourth-order valence-electron chi connectivity index (χ4n) is 2.05. The van der Waals surface area contributed by atoms with Crippen molar-refractivity contribution in [3.05, 3.63) is 52.3 Å². The van der Waals surface area contributed by atoms with Gasteiger partial charge in [0, 0.05) is 0 Å². The third kappa shape index (κ3) is 2.80. The highest BCUT2D eigenvalue weighted by Crippen LogP contribution is 2.18. The van der Waals surface area contributed by atoms with Crippen molar-refractivity contribution < 1.29 is 0 Å². The average molecular weight is 296 g/mol. The SMILES string of the molecule is Cc1nnc(-n2nnc(C#N)c2CCc2ccccc2)s1. The third-order valence-corrected chi connectivity index (χ3v) is 3.87. The van der Waals surface area contributed by atoms with Gasteiger partial charge in [-0.15, -0.1) is 15.3 Å². The first-order chi connectivity index (χ1) is 10.3. The maximum atomic E-state index is 9.18. The number of nitrogens with zero attached hydrogens (tertiary/aromatic N) is 6. The Hall–Kier alpha value is -2.59. The van der Waals surface area contributed by atoms with Crippen LogP contribution in [0.5, 0.6) is 0 Å². The summed E-state index contributed by atoms with van der Waals surface area (Å²) in [6, 6.07) is 12.2. The Bertz CT molecular complexity index is 783. The van der Waals surface area contributed by atoms with E-state index >= 15 is 0 Å². The third-order valence-electron chi connectivity index (χ3n) is 3.06. The molecule has 0 saturated heterocycles. The van der Waals surface area contributed by atoms with Gasteiger partial charge >= 0.3 is 0 Å². The van der Waals surface area contributed by atoms with Crippen molar-refractivity contribution in [2.24, 2.45) is 0 Å². The smallest absolute Gasteiger partial charge is 0.191 e. The van der Waals surface area contributed by atoms with Gasteiger partial charge in [0.05, 0.1) is 5.69 Å². The Kier molecular flexibility index (Phi) is 3.71. The molecule has 0 aliphatic rings. The first-order valence-corrected chi connectivity index (χ1v) is 7.28. The molecule has 2 aromatic heterocycles. The lowest BCUT2D eigenvalue weighted by atomic mass is 10.1. The van der Waals surface area contributed by atoms with Gasteiger partial charge in [-0.2, -0.15) is 9.94 Å². The molecule has 0 atom stereocenters. The molecule has 0 spiro atoms. The highest BCUT2D eigenvalue weighted by molar-refractivity contribution is 7.13. The van der Waals surface area contributed by atoms with E-state index < -0.39 is 0 Å². The number of aromatic nitrogens is 5. The summed E-state index contributed by atoms with van der Waals surface area (Å²) in [5, 5.41) is 26.7. The second-order valence-corrected chi connectivity index (χ2v) is 5.66. The predicted octanol–water partition coefficient (Wildman–Crippen LogP) is 2.08. The van der Waals surface area contributed by atoms with E-state index in [-0.39, 0.29) is 0 Å². The molecule has 0 saturated carbocycles. The largest absolute Gasteiger partial charge is 0.234 e. The highest BCUT2D eigenvalue weighted by Gasteiger charge is 2.16. The molecule has 1 aromatic carbocycles. The minimum atomic E-state index is 0.346. The molecule has 0 N–H and O–H groups in total. The summed E-state index contributed by atoms with van der Waals surface area (Å²) in [5.74, 6) is 0. The molecule has 104 valence electrons. The number of aryl methyl sites for hydroxylation is 2. The van der Waals surface area contributed by atoms with Crippen LogP contribution in [0.15, 0.2) is 30.3 Å². The molecule has 3 aromatic rings. The van der Waals surface area contributed by atoms with E-state index in [0.29, 0.717) is 17.2 Å². The molecule has 0 amide bonds. The van der Waals surface area contributed by atoms with E-state index in [1.807, 2.05) is 25.1 Å². The Labute approximate surface area is 125 Å². The van der Waals surface area contributed by atoms with Crippen molar-refractivity contribution >= 4 is 11.3 Å². The molecule has 21 heavy (non-hydrogen) atoms. The summed E-state index contributed by atoms with van der Waals surface area (Å²) in [7, 11) is 0. The van der Waals surface area contributed by atoms with Crippen LogP contribution in [0.3, 0.4) is 0 Å². The van der Waals surface area contributed by atoms with Gasteiger partial charge in [-0.05, 0) is 25.3 Å². The predicted molar refractivity (Wildman–Crippen MR) is 78.1 cm³/mol. The zero-order chi connectivity index (χ0) is 14.7. The molecular formula is C14H12N6S. The number of benzene rings is 1. The first-order valence-electron chi connectivity index (χ1n) is 6.47. The monoisotopic (exact) mass is 296 g/mol. The van der Waals surface area contributed by atoms with Crippen LogP contribution in [0, 0.1) is 18.3 Å². The summed E-state index contributed by atoms with van der Waals surface area (Å²) < 4.78 is 1.62. The van der Waals surface area contributed by atoms with Gasteiger partial charge in [0.1, 0.15) is 11.1 Å². The van der Waals surface area contributed by atoms with E-state index in [2.05, 4.69) is 38.7 Å². The van der Waals surface area contributed by atoms with Crippen molar-refractivity contribution in [3.8, 4) is 11.2 Å². The molecule has 6 nitrogen and oxygen atoms in total. The molecule has 7 heteroatoms. The topological polar surface area (TPSA) is 80.3 Å². The Morgan fingerprint density at radius 2 is 1.95 bits per heavy atom. The molecule has 0 bridgehead atoms. The van der Waals surface area contributed by atoms with Crippen LogP contribution in [0.2, 0.25) is 0 Å². The van der Waals surface area contributed by atoms with Crippen molar-refractivity contribution in [2.45, 2.75) is 19.8 Å². The summed E-state index contributed by atoms with van der Waals surface area (Å²) in [4.78, 5) is 0. The van der Waals surface area contributed by atoms with Gasteiger partial charge in [0.15, 0.2) is 5.69 Å². The lowest BCUT2D eigenvalue weighted by Crippen LogP contribution is -2.04. The minimum absolute atomic E-state index is 0.346. The van der Waals surface area contributed by atoms with Crippen LogP contribution < -0.4 is 0 Å². The van der Waals surface area contributed by atoms with E-state index in [0.717, 1.165) is 17.1 Å². The fraction of sp³-hybridized carbons (Fsp3) is 0.214. The molecular weight excluding hydrogens is 284 g/mol. The van der Waals surface area contributed by atoms with Crippen LogP contribution in [-0.2, 0) is 12.8 Å². The van der Waals surface area contributed by atoms with Gasteiger partial charge < -0.3 is 0 Å². The molecule has 2 heterocycles. The zero-order valence-electron chi connectivity index (χ0n) is 11.4. The summed E-state index contributed by atoms with van der Waals surface area (Å²) in [6.07, 6.45) is 1.50. The maximum absolute atomic E-state index is 9.18. The second kappa shape index (κ2) is 5.81. The summed E-state index contributed by atoms with van der Waals surface area (Å²) in [6.45, 7) is 1.88. The molecule has 0 aliphatic carbocycles. The standard InChI is InChI=1S/C14H12N6S/c1-10-16-18-14(21-10)20-13(12(9-15)17-19-20)8-7-11-5-3-2-4-6-11/h2-6H,7-8H2,1H3. The summed E-state index contributed by atoms with van der Waals surface area (Å²) in [5.41, 5.74) is 2.33. The molecule has 0 unspecified atom stereocenters. The van der Waals surface area contributed by atoms with Crippen LogP contribution in [-0.4, -0.2) is 25.2 Å². The van der Waals surface area contributed by atoms with Crippen LogP contribution in [0.4, 0.5) is 0 Å². The van der Waals surface area contributed by atoms with E-state index in [1.54, 1.807) is 4.68 Å². The molecule has 0 radical (unpaired) electrons. The normalized spacial score (nSPS) is 10.5. The number of hydrogen-bond acceptors (Lipinski definition) is 6.